The maximum absolute atomic E-state index is 5.76. The molecule has 0 aromatic heterocycles. The highest BCUT2D eigenvalue weighted by Gasteiger charge is 2.34. The zero-order valence-electron chi connectivity index (χ0n) is 17.4. The molecule has 3 aromatic carbocycles. The molecular formula is C28H30O. The van der Waals surface area contributed by atoms with E-state index in [-0.39, 0.29) is 5.60 Å². The summed E-state index contributed by atoms with van der Waals surface area (Å²) in [6.07, 6.45) is 10.5. The molecule has 0 fully saturated rings. The first-order chi connectivity index (χ1) is 14.2. The largest absolute Gasteiger partial charge is 0.373 e. The highest BCUT2D eigenvalue weighted by molar-refractivity contribution is 5.30. The molecule has 1 nitrogen and oxygen atoms in total. The van der Waals surface area contributed by atoms with Gasteiger partial charge in [0.05, 0.1) is 5.60 Å². The second-order valence-electron chi connectivity index (χ2n) is 7.43. The summed E-state index contributed by atoms with van der Waals surface area (Å²) in [7, 11) is 1.79. The van der Waals surface area contributed by atoms with Gasteiger partial charge in [0.1, 0.15) is 0 Å². The first-order valence-corrected chi connectivity index (χ1v) is 10.3. The number of benzene rings is 3. The molecule has 0 radical (unpaired) electrons. The molecule has 2 atom stereocenters. The lowest BCUT2D eigenvalue weighted by Gasteiger charge is -2.36. The van der Waals surface area contributed by atoms with Gasteiger partial charge >= 0.3 is 0 Å². The fourth-order valence-electron chi connectivity index (χ4n) is 3.72. The Balaban J connectivity index is 0.000000169. The van der Waals surface area contributed by atoms with Crippen LogP contribution in [0.1, 0.15) is 36.0 Å². The topological polar surface area (TPSA) is 9.23 Å². The van der Waals surface area contributed by atoms with Gasteiger partial charge in [0, 0.05) is 13.0 Å². The molecule has 0 saturated carbocycles. The second kappa shape index (κ2) is 10.6. The SMILES string of the molecule is COC1(C(C)c2ccccc2)C=CC=CC1.c1ccc(Cc2ccccc2)cc1. The van der Waals surface area contributed by atoms with Crippen LogP contribution in [0.2, 0.25) is 0 Å². The van der Waals surface area contributed by atoms with Crippen LogP contribution < -0.4 is 0 Å². The van der Waals surface area contributed by atoms with Crippen molar-refractivity contribution >= 4 is 0 Å². The Morgan fingerprint density at radius 1 is 0.759 bits per heavy atom. The summed E-state index contributed by atoms with van der Waals surface area (Å²) < 4.78 is 5.76. The minimum atomic E-state index is -0.184. The highest BCUT2D eigenvalue weighted by Crippen LogP contribution is 2.36. The van der Waals surface area contributed by atoms with Crippen LogP contribution in [0, 0.1) is 0 Å². The molecule has 29 heavy (non-hydrogen) atoms. The van der Waals surface area contributed by atoms with Gasteiger partial charge in [0.25, 0.3) is 0 Å². The second-order valence-corrected chi connectivity index (χ2v) is 7.43. The third-order valence-corrected chi connectivity index (χ3v) is 5.57. The zero-order valence-corrected chi connectivity index (χ0v) is 17.4. The number of allylic oxidation sites excluding steroid dienone is 2. The van der Waals surface area contributed by atoms with E-state index in [1.807, 2.05) is 6.07 Å². The molecule has 1 aliphatic rings. The Kier molecular flexibility index (Phi) is 7.61. The standard InChI is InChI=1S/C15H18O.C13H12/c1-13(14-9-5-3-6-10-14)15(16-2)11-7-4-8-12-15;1-3-7-12(8-4-1)11-13-9-5-2-6-10-13/h3-11,13H,12H2,1-2H3;1-10H,11H2. The lowest BCUT2D eigenvalue weighted by atomic mass is 9.79. The molecular weight excluding hydrogens is 352 g/mol. The third-order valence-electron chi connectivity index (χ3n) is 5.57. The summed E-state index contributed by atoms with van der Waals surface area (Å²) in [4.78, 5) is 0. The molecule has 2 unspecified atom stereocenters. The predicted molar refractivity (Wildman–Crippen MR) is 123 cm³/mol. The number of methoxy groups -OCH3 is 1. The van der Waals surface area contributed by atoms with Crippen molar-refractivity contribution in [1.82, 2.24) is 0 Å². The fourth-order valence-corrected chi connectivity index (χ4v) is 3.72. The van der Waals surface area contributed by atoms with Crippen molar-refractivity contribution < 1.29 is 4.74 Å². The number of rotatable bonds is 5. The van der Waals surface area contributed by atoms with E-state index in [2.05, 4.69) is 116 Å². The van der Waals surface area contributed by atoms with E-state index in [0.717, 1.165) is 12.8 Å². The van der Waals surface area contributed by atoms with Gasteiger partial charge in [-0.25, -0.2) is 0 Å². The average molecular weight is 383 g/mol. The molecule has 1 heteroatoms. The zero-order chi connectivity index (χ0) is 20.4. The summed E-state index contributed by atoms with van der Waals surface area (Å²) in [6, 6.07) is 31.6. The van der Waals surface area contributed by atoms with E-state index < -0.39 is 0 Å². The average Bonchev–Trinajstić information content (AvgIpc) is 2.81. The Morgan fingerprint density at radius 3 is 1.72 bits per heavy atom. The maximum Gasteiger partial charge on any atom is 0.0961 e. The van der Waals surface area contributed by atoms with Gasteiger partial charge in [-0.05, 0) is 29.5 Å². The van der Waals surface area contributed by atoms with Crippen molar-refractivity contribution in [3.05, 3.63) is 132 Å². The normalized spacial score (nSPS) is 18.6. The molecule has 0 amide bonds. The fraction of sp³-hybridized carbons (Fsp3) is 0.214. The number of ether oxygens (including phenoxy) is 1. The van der Waals surface area contributed by atoms with Gasteiger partial charge in [-0.15, -0.1) is 0 Å². The molecule has 0 saturated heterocycles. The Hall–Kier alpha value is -2.90. The highest BCUT2D eigenvalue weighted by atomic mass is 16.5. The molecule has 0 aliphatic heterocycles. The number of hydrogen-bond acceptors (Lipinski definition) is 1. The van der Waals surface area contributed by atoms with Crippen molar-refractivity contribution in [1.29, 1.82) is 0 Å². The van der Waals surface area contributed by atoms with Crippen LogP contribution in [0.15, 0.2) is 115 Å². The third kappa shape index (κ3) is 5.79. The van der Waals surface area contributed by atoms with Gasteiger partial charge in [-0.2, -0.15) is 0 Å². The van der Waals surface area contributed by atoms with Gasteiger partial charge < -0.3 is 4.74 Å². The first kappa shape index (κ1) is 20.8. The van der Waals surface area contributed by atoms with Crippen molar-refractivity contribution in [2.45, 2.75) is 31.3 Å². The predicted octanol–water partition coefficient (Wildman–Crippen LogP) is 6.97. The van der Waals surface area contributed by atoms with Crippen LogP contribution in [0.4, 0.5) is 0 Å². The van der Waals surface area contributed by atoms with E-state index in [4.69, 9.17) is 4.74 Å². The van der Waals surface area contributed by atoms with Crippen molar-refractivity contribution in [2.24, 2.45) is 0 Å². The summed E-state index contributed by atoms with van der Waals surface area (Å²) in [6.45, 7) is 2.22. The minimum Gasteiger partial charge on any atom is -0.373 e. The van der Waals surface area contributed by atoms with Crippen LogP contribution in [0.5, 0.6) is 0 Å². The van der Waals surface area contributed by atoms with E-state index >= 15 is 0 Å². The molecule has 0 spiro atoms. The Labute approximate surface area is 175 Å². The van der Waals surface area contributed by atoms with Crippen molar-refractivity contribution in [3.8, 4) is 0 Å². The molecule has 0 bridgehead atoms. The first-order valence-electron chi connectivity index (χ1n) is 10.3. The maximum atomic E-state index is 5.76. The van der Waals surface area contributed by atoms with Crippen LogP contribution in [-0.4, -0.2) is 12.7 Å². The minimum absolute atomic E-state index is 0.184. The van der Waals surface area contributed by atoms with Crippen LogP contribution in [-0.2, 0) is 11.2 Å². The summed E-state index contributed by atoms with van der Waals surface area (Å²) in [5, 5.41) is 0. The monoisotopic (exact) mass is 382 g/mol. The van der Waals surface area contributed by atoms with E-state index in [1.165, 1.54) is 16.7 Å². The number of hydrogen-bond donors (Lipinski definition) is 0. The van der Waals surface area contributed by atoms with Crippen LogP contribution in [0.3, 0.4) is 0 Å². The van der Waals surface area contributed by atoms with Crippen LogP contribution >= 0.6 is 0 Å². The van der Waals surface area contributed by atoms with Gasteiger partial charge in [-0.1, -0.05) is 122 Å². The van der Waals surface area contributed by atoms with Crippen molar-refractivity contribution in [3.63, 3.8) is 0 Å². The summed E-state index contributed by atoms with van der Waals surface area (Å²) in [5.41, 5.74) is 3.88. The summed E-state index contributed by atoms with van der Waals surface area (Å²) in [5.74, 6) is 0.361. The molecule has 0 heterocycles. The Morgan fingerprint density at radius 2 is 1.28 bits per heavy atom. The van der Waals surface area contributed by atoms with E-state index in [9.17, 15) is 0 Å². The molecule has 0 N–H and O–H groups in total. The van der Waals surface area contributed by atoms with Gasteiger partial charge in [0.15, 0.2) is 0 Å². The summed E-state index contributed by atoms with van der Waals surface area (Å²) >= 11 is 0. The van der Waals surface area contributed by atoms with Crippen molar-refractivity contribution in [2.75, 3.05) is 7.11 Å². The van der Waals surface area contributed by atoms with Crippen LogP contribution in [0.25, 0.3) is 0 Å². The van der Waals surface area contributed by atoms with Gasteiger partial charge in [0.2, 0.25) is 0 Å². The van der Waals surface area contributed by atoms with Gasteiger partial charge in [-0.3, -0.25) is 0 Å². The molecule has 148 valence electrons. The lowest BCUT2D eigenvalue weighted by Crippen LogP contribution is -2.35. The van der Waals surface area contributed by atoms with E-state index in [0.29, 0.717) is 5.92 Å². The smallest absolute Gasteiger partial charge is 0.0961 e. The lowest BCUT2D eigenvalue weighted by molar-refractivity contribution is 0.0144. The molecule has 1 aliphatic carbocycles. The molecule has 3 aromatic rings. The quantitative estimate of drug-likeness (QED) is 0.463. The Bertz CT molecular complexity index is 859. The molecule has 4 rings (SSSR count). The van der Waals surface area contributed by atoms with E-state index in [1.54, 1.807) is 7.11 Å².